The first-order valence-electron chi connectivity index (χ1n) is 11.9. The number of hydrogen-bond acceptors (Lipinski definition) is 5. The highest BCUT2D eigenvalue weighted by Crippen LogP contribution is 2.31. The summed E-state index contributed by atoms with van der Waals surface area (Å²) in [6.45, 7) is 7.47. The van der Waals surface area contributed by atoms with Gasteiger partial charge in [0.1, 0.15) is 6.10 Å². The van der Waals surface area contributed by atoms with Crippen LogP contribution in [0.25, 0.3) is 0 Å². The number of nitrogens with one attached hydrogen (secondary N) is 1. The Morgan fingerprint density at radius 1 is 0.971 bits per heavy atom. The maximum Gasteiger partial charge on any atom is 0.339 e. The number of fused-ring (bicyclic) bond motifs is 1. The van der Waals surface area contributed by atoms with Crippen LogP contribution >= 0.6 is 0 Å². The molecule has 0 radical (unpaired) electrons. The molecule has 6 nitrogen and oxygen atoms in total. The molecule has 3 aromatic carbocycles. The SMILES string of the molecule is CCN1CCN(c2ccc(NC(=O)c3ccc4c(c3)C[C@H](c3ccccc3)OC4=O)cc2)CC1. The molecule has 5 rings (SSSR count). The first-order chi connectivity index (χ1) is 16.6. The van der Waals surface area contributed by atoms with E-state index in [1.807, 2.05) is 48.5 Å². The average molecular weight is 456 g/mol. The second kappa shape index (κ2) is 9.69. The molecule has 2 heterocycles. The average Bonchev–Trinajstić information content (AvgIpc) is 2.89. The van der Waals surface area contributed by atoms with Crippen LogP contribution in [-0.2, 0) is 11.2 Å². The summed E-state index contributed by atoms with van der Waals surface area (Å²) < 4.78 is 5.62. The Morgan fingerprint density at radius 3 is 2.41 bits per heavy atom. The van der Waals surface area contributed by atoms with E-state index < -0.39 is 0 Å². The van der Waals surface area contributed by atoms with Gasteiger partial charge in [0, 0.05) is 49.5 Å². The highest BCUT2D eigenvalue weighted by molar-refractivity contribution is 6.05. The zero-order valence-corrected chi connectivity index (χ0v) is 19.4. The number of likely N-dealkylation sites (N-methyl/N-ethyl adjacent to an activating group) is 1. The van der Waals surface area contributed by atoms with E-state index in [4.69, 9.17) is 4.74 Å². The van der Waals surface area contributed by atoms with Gasteiger partial charge in [-0.15, -0.1) is 0 Å². The Balaban J connectivity index is 1.26. The molecule has 2 aliphatic heterocycles. The summed E-state index contributed by atoms with van der Waals surface area (Å²) in [5.41, 5.74) is 4.76. The maximum absolute atomic E-state index is 12.9. The van der Waals surface area contributed by atoms with E-state index in [1.165, 1.54) is 5.69 Å². The summed E-state index contributed by atoms with van der Waals surface area (Å²) in [4.78, 5) is 30.3. The van der Waals surface area contributed by atoms with Gasteiger partial charge in [-0.2, -0.15) is 0 Å². The number of rotatable bonds is 5. The van der Waals surface area contributed by atoms with Gasteiger partial charge in [0.2, 0.25) is 0 Å². The Labute approximate surface area is 200 Å². The van der Waals surface area contributed by atoms with Gasteiger partial charge in [0.25, 0.3) is 5.91 Å². The highest BCUT2D eigenvalue weighted by Gasteiger charge is 2.28. The van der Waals surface area contributed by atoms with E-state index in [-0.39, 0.29) is 18.0 Å². The third-order valence-corrected chi connectivity index (χ3v) is 6.72. The number of piperazine rings is 1. The van der Waals surface area contributed by atoms with Gasteiger partial charge in [-0.1, -0.05) is 37.3 Å². The number of ether oxygens (including phenoxy) is 1. The monoisotopic (exact) mass is 455 g/mol. The fourth-order valence-corrected chi connectivity index (χ4v) is 4.67. The summed E-state index contributed by atoms with van der Waals surface area (Å²) in [5.74, 6) is -0.542. The van der Waals surface area contributed by atoms with Crippen molar-refractivity contribution in [3.05, 3.63) is 95.1 Å². The lowest BCUT2D eigenvalue weighted by Gasteiger charge is -2.35. The molecule has 0 aliphatic carbocycles. The van der Waals surface area contributed by atoms with Crippen LogP contribution < -0.4 is 10.2 Å². The van der Waals surface area contributed by atoms with Gasteiger partial charge in [0.15, 0.2) is 0 Å². The van der Waals surface area contributed by atoms with E-state index in [0.29, 0.717) is 17.5 Å². The smallest absolute Gasteiger partial charge is 0.339 e. The van der Waals surface area contributed by atoms with Crippen molar-refractivity contribution in [2.24, 2.45) is 0 Å². The van der Waals surface area contributed by atoms with Crippen LogP contribution in [0.1, 0.15) is 44.9 Å². The predicted octanol–water partition coefficient (Wildman–Crippen LogP) is 4.54. The van der Waals surface area contributed by atoms with Crippen LogP contribution in [0.2, 0.25) is 0 Å². The minimum atomic E-state index is -0.350. The predicted molar refractivity (Wildman–Crippen MR) is 133 cm³/mol. The van der Waals surface area contributed by atoms with Crippen LogP contribution in [0.4, 0.5) is 11.4 Å². The normalized spacial score (nSPS) is 18.2. The molecule has 174 valence electrons. The van der Waals surface area contributed by atoms with E-state index in [1.54, 1.807) is 12.1 Å². The Bertz CT molecular complexity index is 1170. The minimum Gasteiger partial charge on any atom is -0.454 e. The largest absolute Gasteiger partial charge is 0.454 e. The molecule has 0 bridgehead atoms. The molecule has 34 heavy (non-hydrogen) atoms. The number of cyclic esters (lactones) is 1. The van der Waals surface area contributed by atoms with Crippen molar-refractivity contribution in [2.75, 3.05) is 42.9 Å². The van der Waals surface area contributed by atoms with Gasteiger partial charge in [-0.05, 0) is 60.1 Å². The van der Waals surface area contributed by atoms with Crippen LogP contribution in [0, 0.1) is 0 Å². The molecule has 1 atom stereocenters. The third-order valence-electron chi connectivity index (χ3n) is 6.72. The molecule has 0 aromatic heterocycles. The lowest BCUT2D eigenvalue weighted by molar-refractivity contribution is 0.0252. The Morgan fingerprint density at radius 2 is 1.71 bits per heavy atom. The highest BCUT2D eigenvalue weighted by atomic mass is 16.5. The molecule has 1 fully saturated rings. The standard InChI is InChI=1S/C28H29N3O3/c1-2-30-14-16-31(17-15-30)24-11-9-23(10-12-24)29-27(32)21-8-13-25-22(18-21)19-26(34-28(25)33)20-6-4-3-5-7-20/h3-13,18,26H,2,14-17,19H2,1H3,(H,29,32)/t26-/m1/s1. The van der Waals surface area contributed by atoms with Gasteiger partial charge in [0.05, 0.1) is 5.56 Å². The summed E-state index contributed by atoms with van der Waals surface area (Å²) in [6, 6.07) is 22.9. The van der Waals surface area contributed by atoms with Crippen LogP contribution in [0.3, 0.4) is 0 Å². The van der Waals surface area contributed by atoms with Crippen molar-refractivity contribution >= 4 is 23.3 Å². The quantitative estimate of drug-likeness (QED) is 0.573. The van der Waals surface area contributed by atoms with Crippen molar-refractivity contribution in [1.29, 1.82) is 0 Å². The van der Waals surface area contributed by atoms with Crippen molar-refractivity contribution in [3.63, 3.8) is 0 Å². The summed E-state index contributed by atoms with van der Waals surface area (Å²) in [7, 11) is 0. The first-order valence-corrected chi connectivity index (χ1v) is 11.9. The molecule has 0 unspecified atom stereocenters. The minimum absolute atomic E-state index is 0.192. The number of amides is 1. The number of anilines is 2. The number of carbonyl (C=O) groups excluding carboxylic acids is 2. The Hall–Kier alpha value is -3.64. The molecular formula is C28H29N3O3. The zero-order chi connectivity index (χ0) is 23.5. The number of hydrogen-bond donors (Lipinski definition) is 1. The second-order valence-corrected chi connectivity index (χ2v) is 8.80. The number of carbonyl (C=O) groups is 2. The zero-order valence-electron chi connectivity index (χ0n) is 19.4. The number of nitrogens with zero attached hydrogens (tertiary/aromatic N) is 2. The van der Waals surface area contributed by atoms with E-state index in [0.717, 1.165) is 49.5 Å². The lowest BCUT2D eigenvalue weighted by atomic mass is 9.93. The van der Waals surface area contributed by atoms with E-state index >= 15 is 0 Å². The number of esters is 1. The first kappa shape index (κ1) is 22.2. The molecule has 6 heteroatoms. The van der Waals surface area contributed by atoms with Crippen molar-refractivity contribution < 1.29 is 14.3 Å². The van der Waals surface area contributed by atoms with Crippen LogP contribution in [-0.4, -0.2) is 49.5 Å². The molecule has 1 N–H and O–H groups in total. The van der Waals surface area contributed by atoms with Crippen molar-refractivity contribution in [3.8, 4) is 0 Å². The van der Waals surface area contributed by atoms with E-state index in [2.05, 4.69) is 34.2 Å². The Kier molecular flexibility index (Phi) is 6.32. The maximum atomic E-state index is 12.9. The third kappa shape index (κ3) is 4.68. The topological polar surface area (TPSA) is 61.9 Å². The molecule has 1 amide bonds. The molecule has 0 saturated carbocycles. The van der Waals surface area contributed by atoms with Crippen LogP contribution in [0.5, 0.6) is 0 Å². The summed E-state index contributed by atoms with van der Waals surface area (Å²) in [6.07, 6.45) is 0.206. The van der Waals surface area contributed by atoms with Crippen molar-refractivity contribution in [2.45, 2.75) is 19.4 Å². The summed E-state index contributed by atoms with van der Waals surface area (Å²) in [5, 5.41) is 2.98. The molecular weight excluding hydrogens is 426 g/mol. The van der Waals surface area contributed by atoms with Crippen LogP contribution in [0.15, 0.2) is 72.8 Å². The van der Waals surface area contributed by atoms with Gasteiger partial charge >= 0.3 is 5.97 Å². The van der Waals surface area contributed by atoms with Gasteiger partial charge in [-0.25, -0.2) is 4.79 Å². The molecule has 3 aromatic rings. The molecule has 2 aliphatic rings. The van der Waals surface area contributed by atoms with Gasteiger partial charge in [-0.3, -0.25) is 4.79 Å². The van der Waals surface area contributed by atoms with E-state index in [9.17, 15) is 9.59 Å². The lowest BCUT2D eigenvalue weighted by Crippen LogP contribution is -2.46. The molecule has 1 saturated heterocycles. The molecule has 0 spiro atoms. The van der Waals surface area contributed by atoms with Crippen molar-refractivity contribution in [1.82, 2.24) is 4.90 Å². The summed E-state index contributed by atoms with van der Waals surface area (Å²) >= 11 is 0. The fourth-order valence-electron chi connectivity index (χ4n) is 4.67. The second-order valence-electron chi connectivity index (χ2n) is 8.80. The number of benzene rings is 3. The van der Waals surface area contributed by atoms with Gasteiger partial charge < -0.3 is 19.9 Å². The fraction of sp³-hybridized carbons (Fsp3) is 0.286.